The van der Waals surface area contributed by atoms with Gasteiger partial charge in [0, 0.05) is 12.8 Å². The number of carbonyl (C=O) groups excluding carboxylic acids is 3. The van der Waals surface area contributed by atoms with E-state index in [0.29, 0.717) is 23.9 Å². The highest BCUT2D eigenvalue weighted by molar-refractivity contribution is 5.70. The maximum Gasteiger partial charge on any atom is 0.306 e. The molecule has 0 aliphatic heterocycles. The normalized spacial score (nSPS) is 13.5. The number of unbranched alkanes of at least 4 members (excludes halogenated alkanes) is 23. The lowest BCUT2D eigenvalue weighted by Gasteiger charge is -2.26. The minimum Gasteiger partial charge on any atom is -0.545 e. The molecule has 0 N–H and O–H groups in total. The summed E-state index contributed by atoms with van der Waals surface area (Å²) < 4.78 is 22.7. The molecule has 0 aliphatic rings. The predicted molar refractivity (Wildman–Crippen MR) is 311 cm³/mol. The third kappa shape index (κ3) is 55.9. The van der Waals surface area contributed by atoms with E-state index in [9.17, 15) is 19.5 Å². The molecule has 0 amide bonds. The molecule has 0 fully saturated rings. The maximum absolute atomic E-state index is 12.9. The molecule has 0 aromatic carbocycles. The van der Waals surface area contributed by atoms with E-state index in [-0.39, 0.29) is 32.2 Å². The molecule has 0 heterocycles. The predicted octanol–water partition coefficient (Wildman–Crippen LogP) is 16.4. The van der Waals surface area contributed by atoms with Crippen molar-refractivity contribution in [1.82, 2.24) is 0 Å². The second-order valence-corrected chi connectivity index (χ2v) is 20.9. The third-order valence-electron chi connectivity index (χ3n) is 12.6. The third-order valence-corrected chi connectivity index (χ3v) is 12.6. The van der Waals surface area contributed by atoms with E-state index < -0.39 is 24.3 Å². The number of carboxylic acids is 1. The molecular weight excluding hydrogens is 923 g/mol. The molecule has 0 aromatic heterocycles. The van der Waals surface area contributed by atoms with Crippen molar-refractivity contribution in [3.63, 3.8) is 0 Å². The minimum atomic E-state index is -1.62. The van der Waals surface area contributed by atoms with Gasteiger partial charge in [0.15, 0.2) is 12.4 Å². The van der Waals surface area contributed by atoms with E-state index >= 15 is 0 Å². The Kier molecular flexibility index (Phi) is 52.6. The van der Waals surface area contributed by atoms with Crippen LogP contribution in [0.15, 0.2) is 97.2 Å². The Morgan fingerprint density at radius 3 is 1.15 bits per heavy atom. The van der Waals surface area contributed by atoms with Crippen molar-refractivity contribution in [1.29, 1.82) is 0 Å². The van der Waals surface area contributed by atoms with Crippen LogP contribution in [-0.2, 0) is 33.3 Å². The molecule has 74 heavy (non-hydrogen) atoms. The van der Waals surface area contributed by atoms with Gasteiger partial charge in [0.05, 0.1) is 40.3 Å². The molecule has 0 saturated heterocycles. The summed E-state index contributed by atoms with van der Waals surface area (Å²) >= 11 is 0. The van der Waals surface area contributed by atoms with Crippen LogP contribution in [0.3, 0.4) is 0 Å². The van der Waals surface area contributed by atoms with Crippen LogP contribution in [0.4, 0.5) is 0 Å². The van der Waals surface area contributed by atoms with E-state index in [2.05, 4.69) is 111 Å². The average molecular weight is 1030 g/mol. The van der Waals surface area contributed by atoms with Crippen LogP contribution in [-0.4, -0.2) is 82.3 Å². The Morgan fingerprint density at radius 2 is 0.770 bits per heavy atom. The number of ether oxygens (including phenoxy) is 4. The molecular formula is C65H111NO8. The zero-order valence-corrected chi connectivity index (χ0v) is 48.2. The quantitative estimate of drug-likeness (QED) is 0.0195. The Bertz CT molecular complexity index is 1530. The molecule has 9 heteroatoms. The molecule has 2 unspecified atom stereocenters. The van der Waals surface area contributed by atoms with Crippen molar-refractivity contribution in [2.75, 3.05) is 47.5 Å². The van der Waals surface area contributed by atoms with Crippen LogP contribution in [0.2, 0.25) is 0 Å². The number of carbonyl (C=O) groups is 3. The lowest BCUT2D eigenvalue weighted by Crippen LogP contribution is -2.44. The molecule has 424 valence electrons. The number of allylic oxidation sites excluding steroid dienone is 16. The fourth-order valence-corrected chi connectivity index (χ4v) is 8.02. The summed E-state index contributed by atoms with van der Waals surface area (Å²) in [4.78, 5) is 37.2. The van der Waals surface area contributed by atoms with Gasteiger partial charge in [0.1, 0.15) is 13.2 Å². The lowest BCUT2D eigenvalue weighted by molar-refractivity contribution is -0.870. The zero-order valence-electron chi connectivity index (χ0n) is 48.2. The van der Waals surface area contributed by atoms with Gasteiger partial charge in [-0.2, -0.15) is 0 Å². The number of likely N-dealkylation sites (N-methyl/N-ethyl adjacent to an activating group) is 1. The van der Waals surface area contributed by atoms with Crippen LogP contribution in [0.5, 0.6) is 0 Å². The summed E-state index contributed by atoms with van der Waals surface area (Å²) in [6.45, 7) is 4.63. The van der Waals surface area contributed by atoms with Crippen LogP contribution in [0.1, 0.15) is 239 Å². The smallest absolute Gasteiger partial charge is 0.306 e. The van der Waals surface area contributed by atoms with Crippen molar-refractivity contribution >= 4 is 17.9 Å². The Morgan fingerprint density at radius 1 is 0.419 bits per heavy atom. The van der Waals surface area contributed by atoms with Crippen LogP contribution >= 0.6 is 0 Å². The van der Waals surface area contributed by atoms with Crippen molar-refractivity contribution in [3.05, 3.63) is 97.2 Å². The van der Waals surface area contributed by atoms with E-state index in [0.717, 1.165) is 96.3 Å². The molecule has 0 radical (unpaired) electrons. The zero-order chi connectivity index (χ0) is 54.1. The van der Waals surface area contributed by atoms with Crippen LogP contribution in [0.25, 0.3) is 0 Å². The average Bonchev–Trinajstić information content (AvgIpc) is 3.37. The highest BCUT2D eigenvalue weighted by Gasteiger charge is 2.22. The van der Waals surface area contributed by atoms with E-state index in [4.69, 9.17) is 18.9 Å². The van der Waals surface area contributed by atoms with Gasteiger partial charge in [-0.05, 0) is 77.0 Å². The van der Waals surface area contributed by atoms with E-state index in [1.165, 1.54) is 109 Å². The molecule has 0 rings (SSSR count). The monoisotopic (exact) mass is 1030 g/mol. The molecule has 0 aliphatic carbocycles. The highest BCUT2D eigenvalue weighted by atomic mass is 16.7. The number of hydrogen-bond donors (Lipinski definition) is 0. The summed E-state index contributed by atoms with van der Waals surface area (Å²) in [5.74, 6) is -2.29. The summed E-state index contributed by atoms with van der Waals surface area (Å²) in [5.41, 5.74) is 0. The van der Waals surface area contributed by atoms with Gasteiger partial charge >= 0.3 is 11.9 Å². The topological polar surface area (TPSA) is 111 Å². The van der Waals surface area contributed by atoms with Gasteiger partial charge in [-0.3, -0.25) is 9.59 Å². The fraction of sp³-hybridized carbons (Fsp3) is 0.708. The SMILES string of the molecule is CC/C=C\C/C=C\C/C=C\C/C=C\C/C=C\C/C=C\C/C=C\C/C=C\CCCCCCCCCCCCC(=O)OC(COC(=O)CCCCCCCCCCCCCCCC)COC(OCC[N+](C)(C)C)C(=O)[O-]. The first-order valence-electron chi connectivity index (χ1n) is 29.9. The summed E-state index contributed by atoms with van der Waals surface area (Å²) in [7, 11) is 5.92. The lowest BCUT2D eigenvalue weighted by atomic mass is 10.0. The number of quaternary nitrogens is 1. The van der Waals surface area contributed by atoms with Crippen molar-refractivity contribution in [2.24, 2.45) is 0 Å². The van der Waals surface area contributed by atoms with Gasteiger partial charge in [-0.1, -0.05) is 246 Å². The molecule has 0 aromatic rings. The van der Waals surface area contributed by atoms with Gasteiger partial charge < -0.3 is 33.3 Å². The van der Waals surface area contributed by atoms with Crippen molar-refractivity contribution in [2.45, 2.75) is 251 Å². The first kappa shape index (κ1) is 70.2. The van der Waals surface area contributed by atoms with E-state index in [1.54, 1.807) is 0 Å². The number of rotatable bonds is 54. The van der Waals surface area contributed by atoms with Gasteiger partial charge in [0.2, 0.25) is 0 Å². The highest BCUT2D eigenvalue weighted by Crippen LogP contribution is 2.16. The van der Waals surface area contributed by atoms with Crippen LogP contribution < -0.4 is 5.11 Å². The number of esters is 2. The second kappa shape index (κ2) is 55.4. The summed E-state index contributed by atoms with van der Waals surface area (Å²) in [6.07, 6.45) is 71.7. The Labute approximate surface area is 454 Å². The summed E-state index contributed by atoms with van der Waals surface area (Å²) in [5, 5.41) is 11.8. The first-order chi connectivity index (χ1) is 36.1. The number of carboxylic acid groups (broad SMARTS) is 1. The van der Waals surface area contributed by atoms with Crippen molar-refractivity contribution in [3.8, 4) is 0 Å². The largest absolute Gasteiger partial charge is 0.545 e. The second-order valence-electron chi connectivity index (χ2n) is 20.9. The molecule has 0 spiro atoms. The molecule has 9 nitrogen and oxygen atoms in total. The summed E-state index contributed by atoms with van der Waals surface area (Å²) in [6, 6.07) is 0. The molecule has 0 saturated carbocycles. The number of hydrogen-bond acceptors (Lipinski definition) is 8. The van der Waals surface area contributed by atoms with Gasteiger partial charge in [-0.15, -0.1) is 0 Å². The standard InChI is InChI=1S/C65H111NO8/c1-6-8-10-12-14-16-18-20-22-23-24-25-26-27-28-29-30-31-32-33-34-35-36-37-38-39-40-41-42-44-46-48-50-52-54-56-63(68)74-61(60-73-65(64(69)70)71-58-57-66(3,4)5)59-72-62(67)55-53-51-49-47-45-43-21-19-17-15-13-11-9-7-2/h8,10,14,16,20,22,24-25,27-28,30-31,33-34,36-37,61,65H,6-7,9,11-13,15,17-19,21,23,26,29,32,35,38-60H2,1-5H3/b10-8-,16-14-,22-20-,25-24-,28-27-,31-30-,34-33-,37-36-. The first-order valence-corrected chi connectivity index (χ1v) is 29.9. The van der Waals surface area contributed by atoms with Gasteiger partial charge in [0.25, 0.3) is 0 Å². The van der Waals surface area contributed by atoms with Crippen LogP contribution in [0, 0.1) is 0 Å². The van der Waals surface area contributed by atoms with E-state index in [1.807, 2.05) is 21.1 Å². The number of nitrogens with zero attached hydrogens (tertiary/aromatic N) is 1. The van der Waals surface area contributed by atoms with Gasteiger partial charge in [-0.25, -0.2) is 0 Å². The maximum atomic E-state index is 12.9. The fourth-order valence-electron chi connectivity index (χ4n) is 8.02. The molecule has 0 bridgehead atoms. The Balaban J connectivity index is 4.17. The molecule has 2 atom stereocenters. The Hall–Kier alpha value is -3.79. The van der Waals surface area contributed by atoms with Crippen molar-refractivity contribution < 1.29 is 42.9 Å². The number of aliphatic carboxylic acids is 1. The minimum absolute atomic E-state index is 0.144.